The molecule has 2 aromatic carbocycles. The van der Waals surface area contributed by atoms with Crippen molar-refractivity contribution in [1.29, 1.82) is 0 Å². The molecule has 152 valence electrons. The molecule has 0 radical (unpaired) electrons. The van der Waals surface area contributed by atoms with Crippen molar-refractivity contribution in [3.8, 4) is 17.2 Å². The Hall–Kier alpha value is -3.55. The number of amides is 1. The highest BCUT2D eigenvalue weighted by Gasteiger charge is 2.16. The molecule has 1 N–H and O–H groups in total. The number of nitrogens with zero attached hydrogens (tertiary/aromatic N) is 1. The molecule has 0 saturated heterocycles. The van der Waals surface area contributed by atoms with Gasteiger partial charge in [-0.15, -0.1) is 0 Å². The summed E-state index contributed by atoms with van der Waals surface area (Å²) in [6, 6.07) is 9.04. The predicted octanol–water partition coefficient (Wildman–Crippen LogP) is 3.47. The molecular weight excluding hydrogens is 379 g/mol. The van der Waals surface area contributed by atoms with Crippen LogP contribution in [0.5, 0.6) is 17.2 Å². The summed E-state index contributed by atoms with van der Waals surface area (Å²) in [4.78, 5) is 25.0. The molecule has 0 atom stereocenters. The van der Waals surface area contributed by atoms with Crippen molar-refractivity contribution in [3.63, 3.8) is 0 Å². The zero-order chi connectivity index (χ0) is 21.0. The third-order valence-corrected chi connectivity index (χ3v) is 4.42. The lowest BCUT2D eigenvalue weighted by Crippen LogP contribution is -2.27. The third-order valence-electron chi connectivity index (χ3n) is 4.42. The first-order valence-corrected chi connectivity index (χ1v) is 8.96. The molecule has 1 amide bonds. The summed E-state index contributed by atoms with van der Waals surface area (Å²) >= 11 is 0. The molecule has 0 aliphatic rings. The lowest BCUT2D eigenvalue weighted by Gasteiger charge is -2.14. The Kier molecular flexibility index (Phi) is 6.01. The number of fused-ring (bicyclic) bond motifs is 1. The van der Waals surface area contributed by atoms with Crippen LogP contribution in [0.2, 0.25) is 0 Å². The number of nitrogens with one attached hydrogen (secondary N) is 1. The zero-order valence-electron chi connectivity index (χ0n) is 16.3. The van der Waals surface area contributed by atoms with Crippen LogP contribution in [0.25, 0.3) is 10.8 Å². The van der Waals surface area contributed by atoms with Gasteiger partial charge >= 0.3 is 6.09 Å². The zero-order valence-corrected chi connectivity index (χ0v) is 16.3. The second-order valence-corrected chi connectivity index (χ2v) is 6.21. The monoisotopic (exact) mass is 400 g/mol. The number of rotatable bonds is 6. The van der Waals surface area contributed by atoms with E-state index in [1.807, 2.05) is 6.92 Å². The topological polar surface area (TPSA) is 78.8 Å². The maximum atomic E-state index is 13.3. The van der Waals surface area contributed by atoms with Gasteiger partial charge in [-0.3, -0.25) is 4.79 Å². The molecule has 0 saturated carbocycles. The largest absolute Gasteiger partial charge is 0.493 e. The van der Waals surface area contributed by atoms with Crippen molar-refractivity contribution < 1.29 is 23.4 Å². The van der Waals surface area contributed by atoms with Gasteiger partial charge in [0.15, 0.2) is 17.2 Å². The van der Waals surface area contributed by atoms with E-state index in [9.17, 15) is 14.0 Å². The van der Waals surface area contributed by atoms with Crippen LogP contribution >= 0.6 is 0 Å². The van der Waals surface area contributed by atoms with Crippen molar-refractivity contribution >= 4 is 16.9 Å². The first kappa shape index (κ1) is 20.2. The standard InChI is InChI=1S/C21H21FN2O5/c1-4-24-12-19(29-21(26)23-11-13-6-5-7-14(22)8-13)15-9-17(27-2)18(28-3)10-16(15)20(24)25/h5-10,12H,4,11H2,1-3H3,(H,23,26). The lowest BCUT2D eigenvalue weighted by molar-refractivity contribution is 0.200. The van der Waals surface area contributed by atoms with Crippen LogP contribution < -0.4 is 25.1 Å². The summed E-state index contributed by atoms with van der Waals surface area (Å²) in [5, 5.41) is 3.32. The van der Waals surface area contributed by atoms with Crippen molar-refractivity contribution in [2.45, 2.75) is 20.0 Å². The predicted molar refractivity (Wildman–Crippen MR) is 106 cm³/mol. The molecular formula is C21H21FN2O5. The number of pyridine rings is 1. The number of aromatic nitrogens is 1. The number of methoxy groups -OCH3 is 2. The fourth-order valence-corrected chi connectivity index (χ4v) is 2.96. The molecule has 7 nitrogen and oxygen atoms in total. The molecule has 1 heterocycles. The number of aryl methyl sites for hydroxylation is 1. The number of halogens is 1. The minimum absolute atomic E-state index is 0.0963. The molecule has 1 aromatic heterocycles. The summed E-state index contributed by atoms with van der Waals surface area (Å²) in [5.41, 5.74) is 0.354. The van der Waals surface area contributed by atoms with Crippen molar-refractivity contribution in [1.82, 2.24) is 9.88 Å². The molecule has 0 aliphatic heterocycles. The van der Waals surface area contributed by atoms with Crippen LogP contribution in [-0.2, 0) is 13.1 Å². The Balaban J connectivity index is 1.93. The summed E-state index contributed by atoms with van der Waals surface area (Å²) in [7, 11) is 2.95. The Labute approximate surface area is 166 Å². The molecule has 0 fully saturated rings. The SMILES string of the molecule is CCn1cc(OC(=O)NCc2cccc(F)c2)c2cc(OC)c(OC)cc2c1=O. The smallest absolute Gasteiger partial charge is 0.412 e. The van der Waals surface area contributed by atoms with Gasteiger partial charge in [-0.25, -0.2) is 9.18 Å². The number of ether oxygens (including phenoxy) is 3. The fourth-order valence-electron chi connectivity index (χ4n) is 2.96. The summed E-state index contributed by atoms with van der Waals surface area (Å²) in [5.74, 6) is 0.602. The first-order valence-electron chi connectivity index (χ1n) is 8.96. The highest BCUT2D eigenvalue weighted by Crippen LogP contribution is 2.34. The van der Waals surface area contributed by atoms with Crippen LogP contribution in [0.3, 0.4) is 0 Å². The molecule has 0 aliphatic carbocycles. The maximum absolute atomic E-state index is 13.3. The molecule has 0 spiro atoms. The van der Waals surface area contributed by atoms with Gasteiger partial charge < -0.3 is 24.1 Å². The van der Waals surface area contributed by atoms with Crippen LogP contribution in [0.4, 0.5) is 9.18 Å². The number of hydrogen-bond donors (Lipinski definition) is 1. The molecule has 3 rings (SSSR count). The van der Waals surface area contributed by atoms with Crippen LogP contribution in [0, 0.1) is 5.82 Å². The van der Waals surface area contributed by atoms with E-state index in [1.54, 1.807) is 24.3 Å². The lowest BCUT2D eigenvalue weighted by atomic mass is 10.1. The Morgan fingerprint density at radius 1 is 1.07 bits per heavy atom. The number of carbonyl (C=O) groups excluding carboxylic acids is 1. The fraction of sp³-hybridized carbons (Fsp3) is 0.238. The van der Waals surface area contributed by atoms with E-state index in [4.69, 9.17) is 14.2 Å². The van der Waals surface area contributed by atoms with Gasteiger partial charge in [0, 0.05) is 18.5 Å². The number of carbonyl (C=O) groups is 1. The van der Waals surface area contributed by atoms with Gasteiger partial charge in [0.2, 0.25) is 0 Å². The van der Waals surface area contributed by atoms with Gasteiger partial charge in [0.25, 0.3) is 5.56 Å². The van der Waals surface area contributed by atoms with Crippen molar-refractivity contribution in [3.05, 3.63) is 64.3 Å². The summed E-state index contributed by atoms with van der Waals surface area (Å²) < 4.78 is 30.7. The molecule has 29 heavy (non-hydrogen) atoms. The Morgan fingerprint density at radius 2 is 1.76 bits per heavy atom. The van der Waals surface area contributed by atoms with Crippen LogP contribution in [0.1, 0.15) is 12.5 Å². The molecule has 0 unspecified atom stereocenters. The first-order chi connectivity index (χ1) is 14.0. The van der Waals surface area contributed by atoms with E-state index in [1.165, 1.54) is 37.1 Å². The summed E-state index contributed by atoms with van der Waals surface area (Å²) in [6.07, 6.45) is 0.741. The van der Waals surface area contributed by atoms with E-state index < -0.39 is 6.09 Å². The van der Waals surface area contributed by atoms with Gasteiger partial charge in [0.1, 0.15) is 5.82 Å². The van der Waals surface area contributed by atoms with Gasteiger partial charge in [-0.05, 0) is 36.8 Å². The van der Waals surface area contributed by atoms with E-state index in [2.05, 4.69) is 5.32 Å². The minimum atomic E-state index is -0.730. The Morgan fingerprint density at radius 3 is 2.38 bits per heavy atom. The average Bonchev–Trinajstić information content (AvgIpc) is 2.73. The second-order valence-electron chi connectivity index (χ2n) is 6.21. The van der Waals surface area contributed by atoms with Crippen LogP contribution in [-0.4, -0.2) is 24.9 Å². The molecule has 3 aromatic rings. The van der Waals surface area contributed by atoms with Gasteiger partial charge in [-0.1, -0.05) is 12.1 Å². The third kappa shape index (κ3) is 4.31. The highest BCUT2D eigenvalue weighted by molar-refractivity contribution is 5.92. The average molecular weight is 400 g/mol. The summed E-state index contributed by atoms with van der Waals surface area (Å²) in [6.45, 7) is 2.30. The normalized spacial score (nSPS) is 10.6. The van der Waals surface area contributed by atoms with E-state index >= 15 is 0 Å². The number of hydrogen-bond acceptors (Lipinski definition) is 5. The van der Waals surface area contributed by atoms with E-state index in [0.717, 1.165) is 0 Å². The second kappa shape index (κ2) is 8.64. The van der Waals surface area contributed by atoms with Crippen LogP contribution in [0.15, 0.2) is 47.4 Å². The quantitative estimate of drug-likeness (QED) is 0.686. The Bertz CT molecular complexity index is 1110. The van der Waals surface area contributed by atoms with Gasteiger partial charge in [-0.2, -0.15) is 0 Å². The van der Waals surface area contributed by atoms with Crippen molar-refractivity contribution in [2.24, 2.45) is 0 Å². The van der Waals surface area contributed by atoms with Crippen molar-refractivity contribution in [2.75, 3.05) is 14.2 Å². The maximum Gasteiger partial charge on any atom is 0.412 e. The van der Waals surface area contributed by atoms with Gasteiger partial charge in [0.05, 0.1) is 25.8 Å². The molecule has 0 bridgehead atoms. The number of benzene rings is 2. The molecule has 8 heteroatoms. The van der Waals surface area contributed by atoms with E-state index in [0.29, 0.717) is 34.4 Å². The minimum Gasteiger partial charge on any atom is -0.493 e. The van der Waals surface area contributed by atoms with E-state index in [-0.39, 0.29) is 23.7 Å². The highest BCUT2D eigenvalue weighted by atomic mass is 19.1.